The molecule has 36 heavy (non-hydrogen) atoms. The number of pyridine rings is 1. The highest BCUT2D eigenvalue weighted by Crippen LogP contribution is 2.30. The largest absolute Gasteiger partial charge is 0.350 e. The molecule has 0 saturated carbocycles. The summed E-state index contributed by atoms with van der Waals surface area (Å²) >= 11 is 3.02. The van der Waals surface area contributed by atoms with Crippen molar-refractivity contribution in [1.29, 1.82) is 0 Å². The first-order valence-corrected chi connectivity index (χ1v) is 13.4. The van der Waals surface area contributed by atoms with Crippen LogP contribution in [0.3, 0.4) is 0 Å². The number of aromatic nitrogens is 5. The molecule has 0 saturated heterocycles. The third-order valence-electron chi connectivity index (χ3n) is 5.52. The number of hydrogen-bond acceptors (Lipinski definition) is 7. The highest BCUT2D eigenvalue weighted by Gasteiger charge is 2.17. The summed E-state index contributed by atoms with van der Waals surface area (Å²) in [6, 6.07) is 22.2. The number of carbonyl (C=O) groups is 1. The molecule has 7 nitrogen and oxygen atoms in total. The maximum Gasteiger partial charge on any atom is 0.270 e. The maximum absolute atomic E-state index is 12.5. The van der Waals surface area contributed by atoms with Gasteiger partial charge in [-0.2, -0.15) is 0 Å². The summed E-state index contributed by atoms with van der Waals surface area (Å²) in [7, 11) is 0. The lowest BCUT2D eigenvalue weighted by Crippen LogP contribution is -2.26. The first-order valence-electron chi connectivity index (χ1n) is 11.5. The summed E-state index contributed by atoms with van der Waals surface area (Å²) < 4.78 is 2.05. The second-order valence-electron chi connectivity index (χ2n) is 8.12. The van der Waals surface area contributed by atoms with Gasteiger partial charge in [-0.1, -0.05) is 59.8 Å². The Bertz CT molecular complexity index is 1430. The topological polar surface area (TPSA) is 85.6 Å². The Hall–Kier alpha value is -3.82. The van der Waals surface area contributed by atoms with Gasteiger partial charge in [-0.25, -0.2) is 4.98 Å². The first-order chi connectivity index (χ1) is 17.7. The molecule has 1 N–H and O–H groups in total. The van der Waals surface area contributed by atoms with Crippen molar-refractivity contribution >= 4 is 29.0 Å². The summed E-state index contributed by atoms with van der Waals surface area (Å²) in [6.07, 6.45) is 4.28. The van der Waals surface area contributed by atoms with Gasteiger partial charge >= 0.3 is 0 Å². The zero-order valence-corrected chi connectivity index (χ0v) is 21.3. The molecule has 0 spiro atoms. The Morgan fingerprint density at radius 3 is 2.56 bits per heavy atom. The van der Waals surface area contributed by atoms with Crippen LogP contribution in [0.15, 0.2) is 89.7 Å². The van der Waals surface area contributed by atoms with E-state index in [0.717, 1.165) is 33.7 Å². The van der Waals surface area contributed by atoms with Crippen molar-refractivity contribution in [3.05, 3.63) is 106 Å². The Kier molecular flexibility index (Phi) is 7.49. The van der Waals surface area contributed by atoms with Crippen molar-refractivity contribution < 1.29 is 4.79 Å². The van der Waals surface area contributed by atoms with Gasteiger partial charge in [-0.15, -0.1) is 21.5 Å². The molecular weight excluding hydrogens is 488 g/mol. The van der Waals surface area contributed by atoms with Gasteiger partial charge in [0.2, 0.25) is 0 Å². The van der Waals surface area contributed by atoms with Crippen LogP contribution in [-0.2, 0) is 12.2 Å². The minimum Gasteiger partial charge on any atom is -0.350 e. The summed E-state index contributed by atoms with van der Waals surface area (Å²) in [6.45, 7) is 2.63. The van der Waals surface area contributed by atoms with Crippen molar-refractivity contribution in [2.24, 2.45) is 0 Å². The van der Waals surface area contributed by atoms with Gasteiger partial charge in [0, 0.05) is 35.6 Å². The molecule has 0 aliphatic heterocycles. The van der Waals surface area contributed by atoms with E-state index in [9.17, 15) is 4.79 Å². The second-order valence-corrected chi connectivity index (χ2v) is 10.0. The second kappa shape index (κ2) is 11.3. The van der Waals surface area contributed by atoms with Gasteiger partial charge in [0.15, 0.2) is 11.0 Å². The number of aryl methyl sites for hydroxylation is 1. The van der Waals surface area contributed by atoms with E-state index in [1.54, 1.807) is 29.5 Å². The number of nitrogens with zero attached hydrogens (tertiary/aromatic N) is 5. The Balaban J connectivity index is 1.28. The molecule has 3 aromatic heterocycles. The van der Waals surface area contributed by atoms with E-state index in [1.807, 2.05) is 34.9 Å². The fourth-order valence-electron chi connectivity index (χ4n) is 3.64. The average Bonchev–Trinajstić information content (AvgIpc) is 3.57. The lowest BCUT2D eigenvalue weighted by atomic mass is 10.1. The predicted molar refractivity (Wildman–Crippen MR) is 143 cm³/mol. The normalized spacial score (nSPS) is 10.9. The van der Waals surface area contributed by atoms with Crippen LogP contribution in [0.2, 0.25) is 0 Å². The molecule has 1 amide bonds. The quantitative estimate of drug-likeness (QED) is 0.268. The zero-order chi connectivity index (χ0) is 24.7. The summed E-state index contributed by atoms with van der Waals surface area (Å²) in [5, 5.41) is 15.3. The van der Waals surface area contributed by atoms with Gasteiger partial charge in [0.25, 0.3) is 5.91 Å². The van der Waals surface area contributed by atoms with Crippen molar-refractivity contribution in [3.8, 4) is 17.1 Å². The van der Waals surface area contributed by atoms with E-state index in [0.29, 0.717) is 18.0 Å². The summed E-state index contributed by atoms with van der Waals surface area (Å²) in [5.41, 5.74) is 4.74. The Morgan fingerprint density at radius 1 is 1.00 bits per heavy atom. The van der Waals surface area contributed by atoms with Gasteiger partial charge in [0.1, 0.15) is 10.7 Å². The molecule has 0 unspecified atom stereocenters. The molecular formula is C27H24N6OS2. The number of nitrogens with one attached hydrogen (secondary N) is 1. The maximum atomic E-state index is 12.5. The van der Waals surface area contributed by atoms with Crippen LogP contribution in [0.5, 0.6) is 0 Å². The molecule has 0 atom stereocenters. The van der Waals surface area contributed by atoms with E-state index in [-0.39, 0.29) is 5.91 Å². The lowest BCUT2D eigenvalue weighted by Gasteiger charge is -2.10. The predicted octanol–water partition coefficient (Wildman–Crippen LogP) is 5.36. The molecule has 5 aromatic rings. The Morgan fingerprint density at radius 2 is 1.78 bits per heavy atom. The number of benzene rings is 2. The van der Waals surface area contributed by atoms with Gasteiger partial charge < -0.3 is 5.32 Å². The van der Waals surface area contributed by atoms with Crippen molar-refractivity contribution in [3.63, 3.8) is 0 Å². The fraction of sp³-hybridized carbons (Fsp3) is 0.148. The lowest BCUT2D eigenvalue weighted by molar-refractivity contribution is 0.0949. The van der Waals surface area contributed by atoms with Crippen LogP contribution in [-0.4, -0.2) is 37.2 Å². The third-order valence-corrected chi connectivity index (χ3v) is 7.49. The molecule has 0 aliphatic rings. The number of rotatable bonds is 9. The van der Waals surface area contributed by atoms with E-state index in [4.69, 9.17) is 0 Å². The molecule has 5 rings (SSSR count). The molecule has 0 fully saturated rings. The number of amides is 1. The Labute approximate surface area is 217 Å². The standard InChI is InChI=1S/C27H24N6OS2/c1-19-7-9-22(10-8-19)33-25(21-12-14-28-15-13-21)31-32-27(33)36-18-24-30-23(17-35-24)26(34)29-16-11-20-5-3-2-4-6-20/h2-10,12-15,17H,11,16,18H2,1H3,(H,29,34). The number of carbonyl (C=O) groups excluding carboxylic acids is 1. The van der Waals surface area contributed by atoms with E-state index in [2.05, 4.69) is 68.8 Å². The highest BCUT2D eigenvalue weighted by molar-refractivity contribution is 7.98. The minimum atomic E-state index is -0.152. The van der Waals surface area contributed by atoms with E-state index in [1.165, 1.54) is 22.5 Å². The highest BCUT2D eigenvalue weighted by atomic mass is 32.2. The summed E-state index contributed by atoms with van der Waals surface area (Å²) in [5.74, 6) is 1.19. The van der Waals surface area contributed by atoms with Crippen molar-refractivity contribution in [2.75, 3.05) is 6.54 Å². The molecule has 0 aliphatic carbocycles. The van der Waals surface area contributed by atoms with Crippen molar-refractivity contribution in [1.82, 2.24) is 30.0 Å². The van der Waals surface area contributed by atoms with E-state index >= 15 is 0 Å². The van der Waals surface area contributed by atoms with E-state index < -0.39 is 0 Å². The summed E-state index contributed by atoms with van der Waals surface area (Å²) in [4.78, 5) is 21.2. The molecule has 180 valence electrons. The SMILES string of the molecule is Cc1ccc(-n2c(SCc3nc(C(=O)NCCc4ccccc4)cs3)nnc2-c2ccncc2)cc1. The molecule has 2 aromatic carbocycles. The number of hydrogen-bond donors (Lipinski definition) is 1. The van der Waals surface area contributed by atoms with Crippen LogP contribution in [0, 0.1) is 6.92 Å². The molecule has 3 heterocycles. The smallest absolute Gasteiger partial charge is 0.270 e. The van der Waals surface area contributed by atoms with Crippen LogP contribution >= 0.6 is 23.1 Å². The zero-order valence-electron chi connectivity index (χ0n) is 19.7. The third kappa shape index (κ3) is 5.69. The van der Waals surface area contributed by atoms with Crippen LogP contribution in [0.25, 0.3) is 17.1 Å². The van der Waals surface area contributed by atoms with Crippen molar-refractivity contribution in [2.45, 2.75) is 24.3 Å². The monoisotopic (exact) mass is 512 g/mol. The van der Waals surface area contributed by atoms with Crippen LogP contribution < -0.4 is 5.32 Å². The molecule has 0 radical (unpaired) electrons. The molecule has 9 heteroatoms. The minimum absolute atomic E-state index is 0.152. The first kappa shape index (κ1) is 23.9. The molecule has 0 bridgehead atoms. The van der Waals surface area contributed by atoms with Gasteiger partial charge in [-0.05, 0) is 43.2 Å². The van der Waals surface area contributed by atoms with Crippen LogP contribution in [0.4, 0.5) is 0 Å². The fourth-order valence-corrected chi connectivity index (χ4v) is 5.39. The van der Waals surface area contributed by atoms with Crippen LogP contribution in [0.1, 0.15) is 26.6 Å². The van der Waals surface area contributed by atoms with Gasteiger partial charge in [-0.3, -0.25) is 14.3 Å². The number of thioether (sulfide) groups is 1. The number of thiazole rings is 1. The van der Waals surface area contributed by atoms with Gasteiger partial charge in [0.05, 0.1) is 5.75 Å². The average molecular weight is 513 g/mol.